The van der Waals surface area contributed by atoms with Gasteiger partial charge in [-0.2, -0.15) is 0 Å². The van der Waals surface area contributed by atoms with E-state index in [0.29, 0.717) is 17.9 Å². The van der Waals surface area contributed by atoms with Crippen molar-refractivity contribution in [3.8, 4) is 11.5 Å². The first-order chi connectivity index (χ1) is 8.56. The molecule has 18 heavy (non-hydrogen) atoms. The minimum absolute atomic E-state index is 0.142. The number of carbonyl (C=O) groups excluding carboxylic acids is 1. The molecule has 1 aromatic rings. The van der Waals surface area contributed by atoms with Gasteiger partial charge in [0.05, 0.1) is 20.3 Å². The molecule has 2 unspecified atom stereocenters. The van der Waals surface area contributed by atoms with Crippen LogP contribution in [0.1, 0.15) is 18.0 Å². The Morgan fingerprint density at radius 2 is 1.78 bits per heavy atom. The van der Waals surface area contributed by atoms with Crippen molar-refractivity contribution in [2.75, 3.05) is 21.3 Å². The van der Waals surface area contributed by atoms with E-state index in [2.05, 4.69) is 0 Å². The zero-order chi connectivity index (χ0) is 13.3. The van der Waals surface area contributed by atoms with E-state index >= 15 is 0 Å². The highest BCUT2D eigenvalue weighted by Crippen LogP contribution is 2.35. The number of likely N-dealkylation sites (tertiary alicyclic amines) is 1. The Bertz CT molecular complexity index is 438. The highest BCUT2D eigenvalue weighted by molar-refractivity contribution is 5.83. The van der Waals surface area contributed by atoms with E-state index in [9.17, 15) is 9.90 Å². The molecule has 0 saturated carbocycles. The predicted molar refractivity (Wildman–Crippen MR) is 65.7 cm³/mol. The largest absolute Gasteiger partial charge is 0.497 e. The number of methoxy groups -OCH3 is 2. The monoisotopic (exact) mass is 251 g/mol. The number of likely N-dealkylation sites (N-methyl/N-ethyl adjacent to an activating group) is 1. The van der Waals surface area contributed by atoms with Gasteiger partial charge in [0.15, 0.2) is 0 Å². The van der Waals surface area contributed by atoms with Gasteiger partial charge >= 0.3 is 0 Å². The summed E-state index contributed by atoms with van der Waals surface area (Å²) in [5, 5.41) is 9.60. The molecule has 1 fully saturated rings. The second-order valence-electron chi connectivity index (χ2n) is 4.36. The second-order valence-corrected chi connectivity index (χ2v) is 4.36. The van der Waals surface area contributed by atoms with Gasteiger partial charge in [-0.05, 0) is 17.7 Å². The van der Waals surface area contributed by atoms with Crippen LogP contribution < -0.4 is 9.47 Å². The van der Waals surface area contributed by atoms with Gasteiger partial charge in [0.1, 0.15) is 17.6 Å². The van der Waals surface area contributed by atoms with Gasteiger partial charge in [0.2, 0.25) is 0 Å². The Balaban J connectivity index is 2.36. The predicted octanol–water partition coefficient (Wildman–Crippen LogP) is 0.968. The summed E-state index contributed by atoms with van der Waals surface area (Å²) in [7, 11) is 4.85. The van der Waals surface area contributed by atoms with Crippen molar-refractivity contribution in [1.82, 2.24) is 4.90 Å². The van der Waals surface area contributed by atoms with Crippen LogP contribution in [0.5, 0.6) is 11.5 Å². The molecule has 2 atom stereocenters. The van der Waals surface area contributed by atoms with E-state index in [-0.39, 0.29) is 11.9 Å². The summed E-state index contributed by atoms with van der Waals surface area (Å²) in [6, 6.07) is 5.34. The maximum atomic E-state index is 11.6. The quantitative estimate of drug-likeness (QED) is 0.869. The van der Waals surface area contributed by atoms with Crippen LogP contribution >= 0.6 is 0 Å². The van der Waals surface area contributed by atoms with Crippen LogP contribution in [-0.4, -0.2) is 43.3 Å². The molecule has 2 rings (SSSR count). The standard InChI is InChI=1S/C13H17NO4/c1-14-11(7-12(15)13(14)16)8-4-9(17-2)6-10(5-8)18-3/h4-6,11-12,15H,7H2,1-3H3. The lowest BCUT2D eigenvalue weighted by molar-refractivity contribution is -0.134. The van der Waals surface area contributed by atoms with Crippen LogP contribution in [0.3, 0.4) is 0 Å². The van der Waals surface area contributed by atoms with Crippen LogP contribution in [0.4, 0.5) is 0 Å². The van der Waals surface area contributed by atoms with Crippen molar-refractivity contribution in [2.24, 2.45) is 0 Å². The Morgan fingerprint density at radius 3 is 2.17 bits per heavy atom. The molecule has 1 saturated heterocycles. The molecule has 0 radical (unpaired) electrons. The molecular formula is C13H17NO4. The second kappa shape index (κ2) is 4.86. The Hall–Kier alpha value is -1.75. The molecule has 0 aliphatic carbocycles. The number of hydrogen-bond donors (Lipinski definition) is 1. The van der Waals surface area contributed by atoms with Gasteiger partial charge < -0.3 is 19.5 Å². The number of nitrogens with zero attached hydrogens (tertiary/aromatic N) is 1. The number of hydrogen-bond acceptors (Lipinski definition) is 4. The van der Waals surface area contributed by atoms with Crippen LogP contribution in [0, 0.1) is 0 Å². The zero-order valence-corrected chi connectivity index (χ0v) is 10.7. The zero-order valence-electron chi connectivity index (χ0n) is 10.7. The molecule has 98 valence electrons. The molecule has 5 heteroatoms. The summed E-state index contributed by atoms with van der Waals surface area (Å²) in [5.74, 6) is 1.10. The molecule has 1 heterocycles. The molecule has 5 nitrogen and oxygen atoms in total. The van der Waals surface area contributed by atoms with E-state index in [4.69, 9.17) is 9.47 Å². The number of aliphatic hydroxyl groups excluding tert-OH is 1. The molecule has 1 N–H and O–H groups in total. The fourth-order valence-corrected chi connectivity index (χ4v) is 2.24. The average Bonchev–Trinajstić information content (AvgIpc) is 2.65. The summed E-state index contributed by atoms with van der Waals surface area (Å²) in [6.07, 6.45) is -0.525. The van der Waals surface area contributed by atoms with E-state index in [1.165, 1.54) is 0 Å². The minimum atomic E-state index is -0.919. The molecule has 0 bridgehead atoms. The normalized spacial score (nSPS) is 23.3. The molecule has 0 spiro atoms. The van der Waals surface area contributed by atoms with Gasteiger partial charge in [0, 0.05) is 19.5 Å². The third-order valence-corrected chi connectivity index (χ3v) is 3.31. The molecule has 1 aliphatic heterocycles. The van der Waals surface area contributed by atoms with Crippen molar-refractivity contribution >= 4 is 5.91 Å². The fraction of sp³-hybridized carbons (Fsp3) is 0.462. The summed E-state index contributed by atoms with van der Waals surface area (Å²) >= 11 is 0. The summed E-state index contributed by atoms with van der Waals surface area (Å²) in [5.41, 5.74) is 0.901. The summed E-state index contributed by atoms with van der Waals surface area (Å²) in [6.45, 7) is 0. The fourth-order valence-electron chi connectivity index (χ4n) is 2.24. The van der Waals surface area contributed by atoms with Crippen molar-refractivity contribution in [2.45, 2.75) is 18.6 Å². The molecule has 1 aromatic carbocycles. The smallest absolute Gasteiger partial charge is 0.251 e. The van der Waals surface area contributed by atoms with Gasteiger partial charge in [-0.1, -0.05) is 0 Å². The van der Waals surface area contributed by atoms with Crippen molar-refractivity contribution < 1.29 is 19.4 Å². The summed E-state index contributed by atoms with van der Waals surface area (Å²) in [4.78, 5) is 13.2. The number of rotatable bonds is 3. The van der Waals surface area contributed by atoms with Crippen LogP contribution in [0.25, 0.3) is 0 Å². The van der Waals surface area contributed by atoms with Crippen LogP contribution in [-0.2, 0) is 4.79 Å². The molecule has 0 aromatic heterocycles. The van der Waals surface area contributed by atoms with E-state index in [1.54, 1.807) is 32.2 Å². The third-order valence-electron chi connectivity index (χ3n) is 3.31. The van der Waals surface area contributed by atoms with Crippen molar-refractivity contribution in [3.05, 3.63) is 23.8 Å². The third kappa shape index (κ3) is 2.13. The highest BCUT2D eigenvalue weighted by Gasteiger charge is 2.37. The lowest BCUT2D eigenvalue weighted by Crippen LogP contribution is -2.26. The van der Waals surface area contributed by atoms with Gasteiger partial charge in [0.25, 0.3) is 5.91 Å². The van der Waals surface area contributed by atoms with E-state index < -0.39 is 6.10 Å². The average molecular weight is 251 g/mol. The number of carbonyl (C=O) groups is 1. The first-order valence-electron chi connectivity index (χ1n) is 5.74. The Morgan fingerprint density at radius 1 is 1.22 bits per heavy atom. The van der Waals surface area contributed by atoms with Gasteiger partial charge in [-0.15, -0.1) is 0 Å². The lowest BCUT2D eigenvalue weighted by atomic mass is 10.0. The van der Waals surface area contributed by atoms with Crippen molar-refractivity contribution in [3.63, 3.8) is 0 Å². The number of benzene rings is 1. The number of ether oxygens (including phenoxy) is 2. The number of amides is 1. The van der Waals surface area contributed by atoms with E-state index in [1.807, 2.05) is 12.1 Å². The highest BCUT2D eigenvalue weighted by atomic mass is 16.5. The SMILES string of the molecule is COc1cc(OC)cc(C2CC(O)C(=O)N2C)c1. The molecule has 1 amide bonds. The van der Waals surface area contributed by atoms with Gasteiger partial charge in [-0.25, -0.2) is 0 Å². The first kappa shape index (κ1) is 12.7. The lowest BCUT2D eigenvalue weighted by Gasteiger charge is -2.20. The summed E-state index contributed by atoms with van der Waals surface area (Å²) < 4.78 is 10.4. The Kier molecular flexibility index (Phi) is 3.43. The molecule has 1 aliphatic rings. The first-order valence-corrected chi connectivity index (χ1v) is 5.74. The van der Waals surface area contributed by atoms with Crippen molar-refractivity contribution in [1.29, 1.82) is 0 Å². The number of aliphatic hydroxyl groups is 1. The molecular weight excluding hydrogens is 234 g/mol. The maximum absolute atomic E-state index is 11.6. The Labute approximate surface area is 106 Å². The van der Waals surface area contributed by atoms with Crippen LogP contribution in [0.2, 0.25) is 0 Å². The topological polar surface area (TPSA) is 59.0 Å². The van der Waals surface area contributed by atoms with Gasteiger partial charge in [-0.3, -0.25) is 4.79 Å². The minimum Gasteiger partial charge on any atom is -0.497 e. The maximum Gasteiger partial charge on any atom is 0.251 e. The van der Waals surface area contributed by atoms with Crippen LogP contribution in [0.15, 0.2) is 18.2 Å². The van der Waals surface area contributed by atoms with E-state index in [0.717, 1.165) is 5.56 Å².